The molecule has 1 aromatic carbocycles. The first-order valence-corrected chi connectivity index (χ1v) is 9.22. The number of fused-ring (bicyclic) bond motifs is 1. The molecule has 0 amide bonds. The van der Waals surface area contributed by atoms with Crippen molar-refractivity contribution >= 4 is 16.5 Å². The monoisotopic (exact) mass is 346 g/mol. The summed E-state index contributed by atoms with van der Waals surface area (Å²) in [6.45, 7) is 4.71. The van der Waals surface area contributed by atoms with Gasteiger partial charge in [0.05, 0.1) is 12.3 Å². The van der Waals surface area contributed by atoms with Crippen LogP contribution in [-0.4, -0.2) is 30.0 Å². The molecule has 0 aliphatic carbocycles. The minimum atomic E-state index is 0.0127. The third-order valence-electron chi connectivity index (χ3n) is 4.82. The lowest BCUT2D eigenvalue weighted by atomic mass is 9.77. The van der Waals surface area contributed by atoms with Crippen molar-refractivity contribution in [3.05, 3.63) is 34.8 Å². The second kappa shape index (κ2) is 6.26. The van der Waals surface area contributed by atoms with Crippen LogP contribution in [0.25, 0.3) is 0 Å². The Balaban J connectivity index is 1.49. The van der Waals surface area contributed by atoms with Crippen LogP contribution in [-0.2, 0) is 13.0 Å². The Morgan fingerprint density at radius 2 is 2.21 bits per heavy atom. The molecule has 6 heteroatoms. The van der Waals surface area contributed by atoms with Gasteiger partial charge >= 0.3 is 0 Å². The molecule has 1 aromatic heterocycles. The molecule has 0 spiro atoms. The Morgan fingerprint density at radius 1 is 1.33 bits per heavy atom. The van der Waals surface area contributed by atoms with Gasteiger partial charge in [-0.15, -0.1) is 11.3 Å². The second-order valence-corrected chi connectivity index (χ2v) is 7.82. The number of aliphatic hydroxyl groups is 1. The molecular weight excluding hydrogens is 324 g/mol. The smallest absolute Gasteiger partial charge is 0.231 e. The maximum Gasteiger partial charge on any atom is 0.231 e. The Kier molecular flexibility index (Phi) is 4.10. The summed E-state index contributed by atoms with van der Waals surface area (Å²) in [6, 6.07) is 6.26. The van der Waals surface area contributed by atoms with Crippen LogP contribution in [0, 0.1) is 5.41 Å². The molecule has 4 rings (SSSR count). The van der Waals surface area contributed by atoms with Crippen LogP contribution in [0.5, 0.6) is 11.5 Å². The molecule has 2 aromatic rings. The quantitative estimate of drug-likeness (QED) is 0.921. The molecule has 0 bridgehead atoms. The summed E-state index contributed by atoms with van der Waals surface area (Å²) in [5.41, 5.74) is 2.26. The highest BCUT2D eigenvalue weighted by Crippen LogP contribution is 2.39. The van der Waals surface area contributed by atoms with Crippen molar-refractivity contribution in [1.29, 1.82) is 0 Å². The number of hydrogen-bond donors (Lipinski definition) is 1. The zero-order valence-corrected chi connectivity index (χ0v) is 14.6. The Hall–Kier alpha value is -1.79. The van der Waals surface area contributed by atoms with Crippen LogP contribution < -0.4 is 14.4 Å². The molecule has 1 atom stereocenters. The summed E-state index contributed by atoms with van der Waals surface area (Å²) >= 11 is 1.62. The van der Waals surface area contributed by atoms with Crippen LogP contribution in [0.1, 0.15) is 31.0 Å². The van der Waals surface area contributed by atoms with E-state index >= 15 is 0 Å². The fraction of sp³-hybridized carbons (Fsp3) is 0.500. The molecule has 0 radical (unpaired) electrons. The molecule has 3 heterocycles. The molecular formula is C18H22N2O3S. The topological polar surface area (TPSA) is 54.8 Å². The zero-order valence-electron chi connectivity index (χ0n) is 13.8. The number of anilines is 1. The first-order chi connectivity index (χ1) is 11.6. The van der Waals surface area contributed by atoms with Crippen molar-refractivity contribution in [2.45, 2.75) is 32.8 Å². The fourth-order valence-corrected chi connectivity index (χ4v) is 4.52. The highest BCUT2D eigenvalue weighted by Gasteiger charge is 2.32. The van der Waals surface area contributed by atoms with Gasteiger partial charge in [-0.2, -0.15) is 0 Å². The van der Waals surface area contributed by atoms with E-state index in [0.29, 0.717) is 6.79 Å². The molecule has 0 saturated carbocycles. The molecule has 1 fully saturated rings. The van der Waals surface area contributed by atoms with Gasteiger partial charge in [-0.05, 0) is 42.4 Å². The van der Waals surface area contributed by atoms with E-state index in [0.717, 1.165) is 48.3 Å². The van der Waals surface area contributed by atoms with Crippen molar-refractivity contribution < 1.29 is 14.6 Å². The molecule has 1 saturated heterocycles. The number of benzene rings is 1. The van der Waals surface area contributed by atoms with Crippen molar-refractivity contribution in [2.24, 2.45) is 5.41 Å². The number of hydrogen-bond acceptors (Lipinski definition) is 6. The zero-order chi connectivity index (χ0) is 16.6. The molecule has 0 unspecified atom stereocenters. The Labute approximate surface area is 145 Å². The van der Waals surface area contributed by atoms with E-state index in [1.807, 2.05) is 11.4 Å². The number of aromatic nitrogens is 1. The first-order valence-electron chi connectivity index (χ1n) is 8.34. The summed E-state index contributed by atoms with van der Waals surface area (Å²) in [4.78, 5) is 6.89. The van der Waals surface area contributed by atoms with Crippen molar-refractivity contribution in [2.75, 3.05) is 24.8 Å². The third kappa shape index (κ3) is 3.08. The van der Waals surface area contributed by atoms with Crippen molar-refractivity contribution in [3.63, 3.8) is 0 Å². The van der Waals surface area contributed by atoms with E-state index in [9.17, 15) is 5.11 Å². The second-order valence-electron chi connectivity index (χ2n) is 6.98. The fourth-order valence-electron chi connectivity index (χ4n) is 3.68. The van der Waals surface area contributed by atoms with Gasteiger partial charge in [0.2, 0.25) is 6.79 Å². The number of rotatable bonds is 4. The predicted octanol–water partition coefficient (Wildman–Crippen LogP) is 3.21. The summed E-state index contributed by atoms with van der Waals surface area (Å²) < 4.78 is 10.9. The van der Waals surface area contributed by atoms with E-state index in [1.54, 1.807) is 11.3 Å². The third-order valence-corrected chi connectivity index (χ3v) is 5.77. The molecule has 24 heavy (non-hydrogen) atoms. The maximum atomic E-state index is 9.23. The van der Waals surface area contributed by atoms with Gasteiger partial charge in [0.15, 0.2) is 16.6 Å². The minimum Gasteiger partial charge on any atom is -0.454 e. The van der Waals surface area contributed by atoms with Gasteiger partial charge < -0.3 is 19.5 Å². The van der Waals surface area contributed by atoms with Crippen LogP contribution >= 0.6 is 11.3 Å². The van der Waals surface area contributed by atoms with E-state index in [-0.39, 0.29) is 12.0 Å². The Bertz CT molecular complexity index is 733. The molecule has 5 nitrogen and oxygen atoms in total. The van der Waals surface area contributed by atoms with E-state index < -0.39 is 0 Å². The lowest BCUT2D eigenvalue weighted by molar-refractivity contribution is 0.174. The number of aliphatic hydroxyl groups excluding tert-OH is 1. The predicted molar refractivity (Wildman–Crippen MR) is 93.9 cm³/mol. The minimum absolute atomic E-state index is 0.0127. The summed E-state index contributed by atoms with van der Waals surface area (Å²) in [5.74, 6) is 1.70. The average Bonchev–Trinajstić information content (AvgIpc) is 3.23. The maximum absolute atomic E-state index is 9.23. The molecule has 2 aliphatic heterocycles. The largest absolute Gasteiger partial charge is 0.454 e. The van der Waals surface area contributed by atoms with Crippen molar-refractivity contribution in [3.8, 4) is 11.5 Å². The van der Waals surface area contributed by atoms with Crippen LogP contribution in [0.2, 0.25) is 0 Å². The summed E-state index contributed by atoms with van der Waals surface area (Å²) in [5, 5.41) is 12.2. The number of ether oxygens (including phenoxy) is 2. The lowest BCUT2D eigenvalue weighted by Gasteiger charge is -2.40. The first kappa shape index (κ1) is 15.7. The molecule has 128 valence electrons. The van der Waals surface area contributed by atoms with E-state index in [1.165, 1.54) is 12.0 Å². The average molecular weight is 346 g/mol. The highest BCUT2D eigenvalue weighted by atomic mass is 32.1. The number of piperidine rings is 1. The van der Waals surface area contributed by atoms with Crippen molar-refractivity contribution in [1.82, 2.24) is 4.98 Å². The van der Waals surface area contributed by atoms with Gasteiger partial charge in [-0.3, -0.25) is 0 Å². The van der Waals surface area contributed by atoms with Gasteiger partial charge in [0, 0.05) is 18.5 Å². The van der Waals surface area contributed by atoms with E-state index in [4.69, 9.17) is 9.47 Å². The van der Waals surface area contributed by atoms with Gasteiger partial charge in [-0.1, -0.05) is 13.0 Å². The lowest BCUT2D eigenvalue weighted by Crippen LogP contribution is -2.42. The van der Waals surface area contributed by atoms with Crippen LogP contribution in [0.3, 0.4) is 0 Å². The van der Waals surface area contributed by atoms with Gasteiger partial charge in [0.25, 0.3) is 0 Å². The highest BCUT2D eigenvalue weighted by molar-refractivity contribution is 7.13. The normalized spacial score (nSPS) is 22.8. The standard InChI is InChI=1S/C18H22N2O3S/c1-18(8-13-3-4-15-16(7-13)23-12-22-15)5-2-6-20(11-18)17-19-14(9-21)10-24-17/h3-4,7,10,21H,2,5-6,8-9,11-12H2,1H3/t18-/m0/s1. The number of thiazole rings is 1. The SMILES string of the molecule is C[C@@]1(Cc2ccc3c(c2)OCO3)CCCN(c2nc(CO)cs2)C1. The summed E-state index contributed by atoms with van der Waals surface area (Å²) in [7, 11) is 0. The Morgan fingerprint density at radius 3 is 3.04 bits per heavy atom. The van der Waals surface area contributed by atoms with Gasteiger partial charge in [-0.25, -0.2) is 4.98 Å². The van der Waals surface area contributed by atoms with Gasteiger partial charge in [0.1, 0.15) is 0 Å². The number of nitrogens with zero attached hydrogens (tertiary/aromatic N) is 2. The molecule has 2 aliphatic rings. The molecule has 1 N–H and O–H groups in total. The van der Waals surface area contributed by atoms with E-state index in [2.05, 4.69) is 28.9 Å². The summed E-state index contributed by atoms with van der Waals surface area (Å²) in [6.07, 6.45) is 3.38. The van der Waals surface area contributed by atoms with Crippen LogP contribution in [0.15, 0.2) is 23.6 Å². The van der Waals surface area contributed by atoms with Crippen LogP contribution in [0.4, 0.5) is 5.13 Å².